The number of aliphatic imine (C=N–C) groups is 2. The zero-order valence-corrected chi connectivity index (χ0v) is 16.3. The van der Waals surface area contributed by atoms with E-state index in [0.717, 1.165) is 23.0 Å². The highest BCUT2D eigenvalue weighted by Crippen LogP contribution is 2.23. The van der Waals surface area contributed by atoms with Gasteiger partial charge in [0.15, 0.2) is 11.7 Å². The highest BCUT2D eigenvalue weighted by atomic mass is 35.5. The standard InChI is InChI=1S/C14H26N6O2.2ClH/c1-13(2,11-15-7-5-9-19(11)21)17-18-14(3,4)12-16-8-6-10-20(12)22;;/h21-22H,5-10H2,1-4H3;2*1H. The molecule has 0 bridgehead atoms. The Kier molecular flexibility index (Phi) is 8.58. The zero-order valence-electron chi connectivity index (χ0n) is 14.6. The first kappa shape index (κ1) is 23.0. The lowest BCUT2D eigenvalue weighted by molar-refractivity contribution is -0.0269. The van der Waals surface area contributed by atoms with Crippen molar-refractivity contribution in [3.8, 4) is 0 Å². The first-order valence-corrected chi connectivity index (χ1v) is 7.71. The molecule has 2 aliphatic rings. The SMILES string of the molecule is CC(C)(N=NC(C)(C)C1=NCCCN1O)C1=NCCCN1O.Cl.Cl. The number of hydroxylamine groups is 4. The Hall–Kier alpha value is -0.960. The van der Waals surface area contributed by atoms with Crippen LogP contribution < -0.4 is 0 Å². The Bertz CT molecular complexity index is 463. The first-order valence-electron chi connectivity index (χ1n) is 7.71. The van der Waals surface area contributed by atoms with Gasteiger partial charge in [-0.05, 0) is 40.5 Å². The Morgan fingerprint density at radius 2 is 1.12 bits per heavy atom. The molecular weight excluding hydrogens is 355 g/mol. The minimum absolute atomic E-state index is 0. The monoisotopic (exact) mass is 382 g/mol. The Labute approximate surface area is 155 Å². The van der Waals surface area contributed by atoms with Gasteiger partial charge in [-0.2, -0.15) is 10.2 Å². The molecule has 0 spiro atoms. The molecule has 0 radical (unpaired) electrons. The maximum atomic E-state index is 9.95. The van der Waals surface area contributed by atoms with E-state index in [1.165, 1.54) is 0 Å². The molecule has 0 saturated heterocycles. The van der Waals surface area contributed by atoms with Crippen LogP contribution >= 0.6 is 24.8 Å². The van der Waals surface area contributed by atoms with Crippen molar-refractivity contribution in [3.05, 3.63) is 0 Å². The molecule has 2 aliphatic heterocycles. The molecule has 0 aromatic carbocycles. The highest BCUT2D eigenvalue weighted by Gasteiger charge is 2.35. The third-order valence-corrected chi connectivity index (χ3v) is 3.71. The fourth-order valence-electron chi connectivity index (χ4n) is 2.54. The summed E-state index contributed by atoms with van der Waals surface area (Å²) in [5, 5.41) is 31.0. The van der Waals surface area contributed by atoms with E-state index >= 15 is 0 Å². The zero-order chi connectivity index (χ0) is 16.4. The van der Waals surface area contributed by atoms with Crippen LogP contribution in [0.5, 0.6) is 0 Å². The summed E-state index contributed by atoms with van der Waals surface area (Å²) in [4.78, 5) is 8.72. The third-order valence-electron chi connectivity index (χ3n) is 3.71. The number of nitrogens with zero attached hydrogens (tertiary/aromatic N) is 6. The van der Waals surface area contributed by atoms with Crippen molar-refractivity contribution >= 4 is 36.5 Å². The minimum Gasteiger partial charge on any atom is -0.287 e. The highest BCUT2D eigenvalue weighted by molar-refractivity contribution is 5.91. The van der Waals surface area contributed by atoms with Crippen LogP contribution in [0.25, 0.3) is 0 Å². The van der Waals surface area contributed by atoms with Crippen LogP contribution in [0.15, 0.2) is 20.2 Å². The molecule has 8 nitrogen and oxygen atoms in total. The van der Waals surface area contributed by atoms with Gasteiger partial charge in [0.25, 0.3) is 0 Å². The van der Waals surface area contributed by atoms with Crippen LogP contribution in [0.1, 0.15) is 40.5 Å². The van der Waals surface area contributed by atoms with Gasteiger partial charge in [-0.15, -0.1) is 24.8 Å². The van der Waals surface area contributed by atoms with Gasteiger partial charge in [0.05, 0.1) is 0 Å². The number of halogens is 2. The number of amidine groups is 2. The average Bonchev–Trinajstić information content (AvgIpc) is 2.46. The van der Waals surface area contributed by atoms with Crippen LogP contribution in [-0.2, 0) is 0 Å². The van der Waals surface area contributed by atoms with Crippen molar-refractivity contribution in [1.82, 2.24) is 10.1 Å². The normalized spacial score (nSPS) is 19.4. The molecule has 0 fully saturated rings. The van der Waals surface area contributed by atoms with Gasteiger partial charge < -0.3 is 0 Å². The van der Waals surface area contributed by atoms with Gasteiger partial charge in [-0.1, -0.05) is 0 Å². The van der Waals surface area contributed by atoms with Crippen molar-refractivity contribution in [2.45, 2.75) is 51.6 Å². The summed E-state index contributed by atoms with van der Waals surface area (Å²) >= 11 is 0. The number of rotatable bonds is 4. The number of azo groups is 1. The van der Waals surface area contributed by atoms with E-state index < -0.39 is 11.1 Å². The van der Waals surface area contributed by atoms with Crippen molar-refractivity contribution < 1.29 is 10.4 Å². The molecule has 0 amide bonds. The van der Waals surface area contributed by atoms with E-state index in [1.807, 2.05) is 27.7 Å². The minimum atomic E-state index is -0.734. The van der Waals surface area contributed by atoms with Crippen LogP contribution in [0.2, 0.25) is 0 Å². The van der Waals surface area contributed by atoms with E-state index in [2.05, 4.69) is 20.2 Å². The molecule has 0 unspecified atom stereocenters. The number of hydrogen-bond donors (Lipinski definition) is 2. The van der Waals surface area contributed by atoms with Crippen molar-refractivity contribution in [2.24, 2.45) is 20.2 Å². The van der Waals surface area contributed by atoms with Crippen LogP contribution in [0.4, 0.5) is 0 Å². The molecule has 0 atom stereocenters. The van der Waals surface area contributed by atoms with Crippen LogP contribution in [-0.4, -0.2) is 69.5 Å². The Morgan fingerprint density at radius 3 is 1.42 bits per heavy atom. The lowest BCUT2D eigenvalue weighted by Gasteiger charge is -2.33. The van der Waals surface area contributed by atoms with Gasteiger partial charge in [-0.25, -0.2) is 10.1 Å². The third kappa shape index (κ3) is 5.27. The van der Waals surface area contributed by atoms with Crippen molar-refractivity contribution in [3.63, 3.8) is 0 Å². The second-order valence-electron chi connectivity index (χ2n) is 6.68. The van der Waals surface area contributed by atoms with E-state index in [1.54, 1.807) is 0 Å². The Balaban J connectivity index is 0.00000264. The summed E-state index contributed by atoms with van der Waals surface area (Å²) in [7, 11) is 0. The van der Waals surface area contributed by atoms with Gasteiger partial charge in [-0.3, -0.25) is 20.4 Å². The van der Waals surface area contributed by atoms with Crippen LogP contribution in [0, 0.1) is 0 Å². The predicted octanol–water partition coefficient (Wildman–Crippen LogP) is 2.83. The molecule has 0 aliphatic carbocycles. The molecule has 140 valence electrons. The van der Waals surface area contributed by atoms with Crippen molar-refractivity contribution in [2.75, 3.05) is 26.2 Å². The van der Waals surface area contributed by atoms with Crippen molar-refractivity contribution in [1.29, 1.82) is 0 Å². The maximum absolute atomic E-state index is 9.95. The quantitative estimate of drug-likeness (QED) is 0.730. The Morgan fingerprint density at radius 1 is 0.792 bits per heavy atom. The summed E-state index contributed by atoms with van der Waals surface area (Å²) in [5.74, 6) is 1.04. The topological polar surface area (TPSA) is 96.4 Å². The average molecular weight is 383 g/mol. The predicted molar refractivity (Wildman–Crippen MR) is 98.3 cm³/mol. The molecule has 24 heavy (non-hydrogen) atoms. The molecule has 2 N–H and O–H groups in total. The largest absolute Gasteiger partial charge is 0.287 e. The van der Waals surface area contributed by atoms with Gasteiger partial charge in [0.1, 0.15) is 11.1 Å². The maximum Gasteiger partial charge on any atom is 0.152 e. The summed E-state index contributed by atoms with van der Waals surface area (Å²) < 4.78 is 0. The van der Waals surface area contributed by atoms with Gasteiger partial charge >= 0.3 is 0 Å². The second kappa shape index (κ2) is 8.94. The second-order valence-corrected chi connectivity index (χ2v) is 6.68. The van der Waals surface area contributed by atoms with E-state index in [-0.39, 0.29) is 24.8 Å². The fourth-order valence-corrected chi connectivity index (χ4v) is 2.54. The summed E-state index contributed by atoms with van der Waals surface area (Å²) in [6.07, 6.45) is 1.66. The molecular formula is C14H28Cl2N6O2. The molecule has 0 aromatic heterocycles. The lowest BCUT2D eigenvalue weighted by atomic mass is 10.0. The molecule has 0 aromatic rings. The lowest BCUT2D eigenvalue weighted by Crippen LogP contribution is -2.47. The first-order chi connectivity index (χ1) is 10.2. The molecule has 2 heterocycles. The summed E-state index contributed by atoms with van der Waals surface area (Å²) in [6.45, 7) is 9.92. The molecule has 10 heteroatoms. The smallest absolute Gasteiger partial charge is 0.152 e. The summed E-state index contributed by atoms with van der Waals surface area (Å²) in [6, 6.07) is 0. The van der Waals surface area contributed by atoms with Gasteiger partial charge in [0, 0.05) is 26.2 Å². The van der Waals surface area contributed by atoms with Crippen LogP contribution in [0.3, 0.4) is 0 Å². The van der Waals surface area contributed by atoms with E-state index in [4.69, 9.17) is 0 Å². The van der Waals surface area contributed by atoms with E-state index in [0.29, 0.717) is 37.9 Å². The van der Waals surface area contributed by atoms with Gasteiger partial charge in [0.2, 0.25) is 0 Å². The van der Waals surface area contributed by atoms with E-state index in [9.17, 15) is 10.4 Å². The molecule has 0 saturated carbocycles. The summed E-state index contributed by atoms with van der Waals surface area (Å²) in [5.41, 5.74) is -1.47. The fraction of sp³-hybridized carbons (Fsp3) is 0.857. The number of hydrogen-bond acceptors (Lipinski definition) is 8. The molecule has 2 rings (SSSR count).